The molecule has 1 unspecified atom stereocenters. The molecule has 3 aromatic rings. The number of para-hydroxylation sites is 1. The van der Waals surface area contributed by atoms with Crippen molar-refractivity contribution >= 4 is 28.9 Å². The first-order valence-electron chi connectivity index (χ1n) is 9.87. The van der Waals surface area contributed by atoms with Crippen molar-refractivity contribution in [3.8, 4) is 5.75 Å². The first kappa shape index (κ1) is 21.0. The third kappa shape index (κ3) is 4.59. The molecule has 1 aliphatic rings. The number of esters is 1. The highest BCUT2D eigenvalue weighted by Crippen LogP contribution is 2.28. The van der Waals surface area contributed by atoms with Crippen LogP contribution in [0.4, 0.5) is 10.1 Å². The van der Waals surface area contributed by atoms with E-state index in [4.69, 9.17) is 9.47 Å². The normalized spacial score (nSPS) is 13.6. The molecule has 0 aliphatic carbocycles. The smallest absolute Gasteiger partial charge is 0.351 e. The summed E-state index contributed by atoms with van der Waals surface area (Å²) >= 11 is 1.15. The molecule has 0 bridgehead atoms. The fourth-order valence-corrected chi connectivity index (χ4v) is 4.29. The fourth-order valence-electron chi connectivity index (χ4n) is 3.43. The Labute approximate surface area is 183 Å². The van der Waals surface area contributed by atoms with Gasteiger partial charge in [0.25, 0.3) is 5.91 Å². The monoisotopic (exact) mass is 440 g/mol. The number of nitrogens with zero attached hydrogens (tertiary/aromatic N) is 2. The second kappa shape index (κ2) is 8.85. The zero-order valence-electron chi connectivity index (χ0n) is 17.1. The number of aryl methyl sites for hydroxylation is 1. The van der Waals surface area contributed by atoms with Gasteiger partial charge in [-0.05, 0) is 56.2 Å². The molecule has 6 nitrogen and oxygen atoms in total. The highest BCUT2D eigenvalue weighted by atomic mass is 32.1. The molecule has 1 aliphatic heterocycles. The summed E-state index contributed by atoms with van der Waals surface area (Å²) in [5.74, 6) is -0.677. The lowest BCUT2D eigenvalue weighted by Gasteiger charge is -2.21. The van der Waals surface area contributed by atoms with Crippen molar-refractivity contribution in [3.63, 3.8) is 0 Å². The standard InChI is InChI=1S/C23H21FN2O4S/c1-14-21(31-20(25-14)13-29-18-9-7-17(24)8-10-18)23(28)30-15(2)22(27)26-12-11-16-5-3-4-6-19(16)26/h3-10,15H,11-13H2,1-2H3. The lowest BCUT2D eigenvalue weighted by Crippen LogP contribution is -2.39. The van der Waals surface area contributed by atoms with Gasteiger partial charge in [0.1, 0.15) is 28.1 Å². The summed E-state index contributed by atoms with van der Waals surface area (Å²) in [4.78, 5) is 31.8. The van der Waals surface area contributed by atoms with Gasteiger partial charge >= 0.3 is 5.97 Å². The van der Waals surface area contributed by atoms with Gasteiger partial charge in [-0.3, -0.25) is 4.79 Å². The number of ether oxygens (including phenoxy) is 2. The molecule has 1 aromatic heterocycles. The lowest BCUT2D eigenvalue weighted by atomic mass is 10.2. The van der Waals surface area contributed by atoms with Gasteiger partial charge in [0.15, 0.2) is 6.10 Å². The summed E-state index contributed by atoms with van der Waals surface area (Å²) in [6.45, 7) is 4.00. The highest BCUT2D eigenvalue weighted by Gasteiger charge is 2.30. The molecule has 2 aromatic carbocycles. The molecule has 4 rings (SSSR count). The summed E-state index contributed by atoms with van der Waals surface area (Å²) in [5.41, 5.74) is 2.49. The van der Waals surface area contributed by atoms with Gasteiger partial charge in [0.05, 0.1) is 5.69 Å². The van der Waals surface area contributed by atoms with E-state index in [-0.39, 0.29) is 18.3 Å². The van der Waals surface area contributed by atoms with E-state index in [1.165, 1.54) is 24.3 Å². The summed E-state index contributed by atoms with van der Waals surface area (Å²) in [5, 5.41) is 0.584. The van der Waals surface area contributed by atoms with Crippen molar-refractivity contribution in [3.05, 3.63) is 75.5 Å². The van der Waals surface area contributed by atoms with Crippen molar-refractivity contribution in [1.29, 1.82) is 0 Å². The van der Waals surface area contributed by atoms with Crippen LogP contribution < -0.4 is 9.64 Å². The number of benzene rings is 2. The Morgan fingerprint density at radius 3 is 2.71 bits per heavy atom. The molecule has 0 saturated carbocycles. The van der Waals surface area contributed by atoms with Gasteiger partial charge in [-0.2, -0.15) is 0 Å². The van der Waals surface area contributed by atoms with Gasteiger partial charge in [-0.1, -0.05) is 18.2 Å². The molecule has 0 spiro atoms. The van der Waals surface area contributed by atoms with E-state index in [0.29, 0.717) is 27.9 Å². The Kier molecular flexibility index (Phi) is 5.99. The summed E-state index contributed by atoms with van der Waals surface area (Å²) in [7, 11) is 0. The predicted molar refractivity (Wildman–Crippen MR) is 115 cm³/mol. The summed E-state index contributed by atoms with van der Waals surface area (Å²) in [6, 6.07) is 13.4. The average molecular weight is 440 g/mol. The molecule has 31 heavy (non-hydrogen) atoms. The van der Waals surface area contributed by atoms with Crippen LogP contribution in [0, 0.1) is 12.7 Å². The highest BCUT2D eigenvalue weighted by molar-refractivity contribution is 7.13. The number of rotatable bonds is 6. The maximum atomic E-state index is 13.0. The van der Waals surface area contributed by atoms with Crippen molar-refractivity contribution in [1.82, 2.24) is 4.98 Å². The van der Waals surface area contributed by atoms with Crippen molar-refractivity contribution < 1.29 is 23.5 Å². The molecule has 0 radical (unpaired) electrons. The van der Waals surface area contributed by atoms with E-state index in [1.807, 2.05) is 24.3 Å². The Morgan fingerprint density at radius 2 is 1.94 bits per heavy atom. The quantitative estimate of drug-likeness (QED) is 0.535. The molecule has 0 saturated heterocycles. The average Bonchev–Trinajstić information content (AvgIpc) is 3.36. The van der Waals surface area contributed by atoms with E-state index < -0.39 is 12.1 Å². The van der Waals surface area contributed by atoms with E-state index in [1.54, 1.807) is 18.7 Å². The Balaban J connectivity index is 1.38. The maximum Gasteiger partial charge on any atom is 0.351 e. The van der Waals surface area contributed by atoms with Crippen molar-refractivity contribution in [2.45, 2.75) is 33.0 Å². The van der Waals surface area contributed by atoms with Crippen molar-refractivity contribution in [2.24, 2.45) is 0 Å². The number of thiazole rings is 1. The number of aromatic nitrogens is 1. The maximum absolute atomic E-state index is 13.0. The number of amides is 1. The minimum atomic E-state index is -0.918. The van der Waals surface area contributed by atoms with Gasteiger partial charge in [-0.15, -0.1) is 11.3 Å². The number of hydrogen-bond donors (Lipinski definition) is 0. The second-order valence-corrected chi connectivity index (χ2v) is 8.26. The van der Waals surface area contributed by atoms with Crippen LogP contribution in [0.5, 0.6) is 5.75 Å². The predicted octanol–water partition coefficient (Wildman–Crippen LogP) is 4.30. The molecule has 2 heterocycles. The first-order valence-corrected chi connectivity index (χ1v) is 10.7. The lowest BCUT2D eigenvalue weighted by molar-refractivity contribution is -0.126. The van der Waals surface area contributed by atoms with E-state index >= 15 is 0 Å². The molecule has 8 heteroatoms. The van der Waals surface area contributed by atoms with Gasteiger partial charge < -0.3 is 14.4 Å². The minimum absolute atomic E-state index is 0.142. The fraction of sp³-hybridized carbons (Fsp3) is 0.261. The summed E-state index contributed by atoms with van der Waals surface area (Å²) < 4.78 is 24.0. The Bertz CT molecular complexity index is 1110. The van der Waals surface area contributed by atoms with Crippen LogP contribution in [0.2, 0.25) is 0 Å². The molecular formula is C23H21FN2O4S. The van der Waals surface area contributed by atoms with Crippen LogP contribution in [0.25, 0.3) is 0 Å². The van der Waals surface area contributed by atoms with E-state index in [2.05, 4.69) is 4.98 Å². The van der Waals surface area contributed by atoms with Crippen molar-refractivity contribution in [2.75, 3.05) is 11.4 Å². The molecule has 1 atom stereocenters. The second-order valence-electron chi connectivity index (χ2n) is 7.18. The zero-order valence-corrected chi connectivity index (χ0v) is 17.9. The number of anilines is 1. The first-order chi connectivity index (χ1) is 14.9. The minimum Gasteiger partial charge on any atom is -0.486 e. The van der Waals surface area contributed by atoms with E-state index in [0.717, 1.165) is 29.0 Å². The molecule has 160 valence electrons. The van der Waals surface area contributed by atoms with E-state index in [9.17, 15) is 14.0 Å². The Morgan fingerprint density at radius 1 is 1.19 bits per heavy atom. The largest absolute Gasteiger partial charge is 0.486 e. The topological polar surface area (TPSA) is 68.7 Å². The summed E-state index contributed by atoms with van der Waals surface area (Å²) in [6.07, 6.45) is -0.132. The molecule has 0 N–H and O–H groups in total. The third-order valence-electron chi connectivity index (χ3n) is 4.99. The molecular weight excluding hydrogens is 419 g/mol. The van der Waals surface area contributed by atoms with Gasteiger partial charge in [-0.25, -0.2) is 14.2 Å². The number of hydrogen-bond acceptors (Lipinski definition) is 6. The zero-order chi connectivity index (χ0) is 22.0. The van der Waals surface area contributed by atoms with Crippen LogP contribution in [0.15, 0.2) is 48.5 Å². The molecule has 1 amide bonds. The van der Waals surface area contributed by atoms with Crippen LogP contribution in [0.1, 0.15) is 32.9 Å². The van der Waals surface area contributed by atoms with Gasteiger partial charge in [0.2, 0.25) is 0 Å². The Hall–Kier alpha value is -3.26. The number of carbonyl (C=O) groups is 2. The van der Waals surface area contributed by atoms with Crippen LogP contribution in [-0.2, 0) is 22.6 Å². The third-order valence-corrected chi connectivity index (χ3v) is 6.10. The van der Waals surface area contributed by atoms with Crippen LogP contribution in [0.3, 0.4) is 0 Å². The molecule has 0 fully saturated rings. The number of carbonyl (C=O) groups excluding carboxylic acids is 2. The van der Waals surface area contributed by atoms with Gasteiger partial charge in [0, 0.05) is 12.2 Å². The SMILES string of the molecule is Cc1nc(COc2ccc(F)cc2)sc1C(=O)OC(C)C(=O)N1CCc2ccccc21. The number of halogens is 1. The van der Waals surface area contributed by atoms with Crippen LogP contribution >= 0.6 is 11.3 Å². The number of fused-ring (bicyclic) bond motifs is 1. The van der Waals surface area contributed by atoms with Crippen LogP contribution in [-0.4, -0.2) is 29.5 Å².